The summed E-state index contributed by atoms with van der Waals surface area (Å²) in [5.41, 5.74) is 2.35. The average molecular weight is 340 g/mol. The number of hydrogen-bond donors (Lipinski definition) is 1. The normalized spacial score (nSPS) is 12.1. The van der Waals surface area contributed by atoms with Gasteiger partial charge >= 0.3 is 5.97 Å². The molecule has 0 saturated carbocycles. The van der Waals surface area contributed by atoms with Crippen LogP contribution in [0.5, 0.6) is 5.75 Å². The predicted octanol–water partition coefficient (Wildman–Crippen LogP) is 2.57. The van der Waals surface area contributed by atoms with E-state index < -0.39 is 12.1 Å². The van der Waals surface area contributed by atoms with Gasteiger partial charge in [0, 0.05) is 0 Å². The molecule has 0 aliphatic heterocycles. The molecule has 0 fully saturated rings. The van der Waals surface area contributed by atoms with E-state index in [1.807, 2.05) is 35.8 Å². The standard InChI is InChI=1S/C19H20N2O4/c1-13-20-17-5-3-4-6-18(17)21(13)11-15(22)12-25-16-9-7-14(8-10-16)19(23)24-2/h3-10,15,22H,11-12H2,1-2H3/t15-/m0/s1. The quantitative estimate of drug-likeness (QED) is 0.698. The molecule has 0 unspecified atom stereocenters. The van der Waals surface area contributed by atoms with Crippen molar-refractivity contribution in [3.63, 3.8) is 0 Å². The number of carbonyl (C=O) groups excluding carboxylic acids is 1. The Morgan fingerprint density at radius 1 is 1.20 bits per heavy atom. The van der Waals surface area contributed by atoms with Crippen molar-refractivity contribution in [3.8, 4) is 5.75 Å². The number of methoxy groups -OCH3 is 1. The number of aliphatic hydroxyl groups excluding tert-OH is 1. The number of ether oxygens (including phenoxy) is 2. The van der Waals surface area contributed by atoms with Crippen LogP contribution in [0.1, 0.15) is 16.2 Å². The zero-order valence-electron chi connectivity index (χ0n) is 14.2. The molecule has 1 N–H and O–H groups in total. The number of aryl methyl sites for hydroxylation is 1. The van der Waals surface area contributed by atoms with Gasteiger partial charge in [-0.1, -0.05) is 12.1 Å². The number of carbonyl (C=O) groups is 1. The third-order valence-corrected chi connectivity index (χ3v) is 3.96. The first-order chi connectivity index (χ1) is 12.1. The van der Waals surface area contributed by atoms with E-state index in [2.05, 4.69) is 9.72 Å². The van der Waals surface area contributed by atoms with E-state index in [9.17, 15) is 9.90 Å². The van der Waals surface area contributed by atoms with E-state index in [0.29, 0.717) is 17.9 Å². The van der Waals surface area contributed by atoms with Crippen LogP contribution in [-0.2, 0) is 11.3 Å². The predicted molar refractivity (Wildman–Crippen MR) is 93.8 cm³/mol. The van der Waals surface area contributed by atoms with Gasteiger partial charge in [-0.15, -0.1) is 0 Å². The van der Waals surface area contributed by atoms with Crippen molar-refractivity contribution in [3.05, 3.63) is 59.9 Å². The molecule has 0 aliphatic carbocycles. The molecule has 0 aliphatic rings. The molecule has 1 aromatic heterocycles. The highest BCUT2D eigenvalue weighted by Crippen LogP contribution is 2.17. The lowest BCUT2D eigenvalue weighted by Crippen LogP contribution is -2.24. The van der Waals surface area contributed by atoms with E-state index in [0.717, 1.165) is 16.9 Å². The van der Waals surface area contributed by atoms with Gasteiger partial charge in [0.15, 0.2) is 0 Å². The van der Waals surface area contributed by atoms with Crippen LogP contribution in [0.15, 0.2) is 48.5 Å². The maximum Gasteiger partial charge on any atom is 0.337 e. The fourth-order valence-electron chi connectivity index (χ4n) is 2.69. The van der Waals surface area contributed by atoms with Gasteiger partial charge in [-0.25, -0.2) is 9.78 Å². The van der Waals surface area contributed by atoms with Crippen LogP contribution in [0, 0.1) is 6.92 Å². The molecule has 6 nitrogen and oxygen atoms in total. The number of esters is 1. The monoisotopic (exact) mass is 340 g/mol. The maximum absolute atomic E-state index is 11.4. The molecule has 3 rings (SSSR count). The Bertz CT molecular complexity index is 871. The molecule has 2 aromatic carbocycles. The number of aromatic nitrogens is 2. The Labute approximate surface area is 145 Å². The molecule has 6 heteroatoms. The van der Waals surface area contributed by atoms with Crippen LogP contribution < -0.4 is 4.74 Å². The molecule has 0 amide bonds. The first-order valence-electron chi connectivity index (χ1n) is 7.99. The molecule has 0 bridgehead atoms. The molecule has 0 radical (unpaired) electrons. The lowest BCUT2D eigenvalue weighted by Gasteiger charge is -2.15. The Morgan fingerprint density at radius 2 is 1.92 bits per heavy atom. The van der Waals surface area contributed by atoms with Gasteiger partial charge in [0.1, 0.15) is 24.3 Å². The van der Waals surface area contributed by atoms with Crippen molar-refractivity contribution in [1.29, 1.82) is 0 Å². The number of hydrogen-bond acceptors (Lipinski definition) is 5. The van der Waals surface area contributed by atoms with E-state index in [1.54, 1.807) is 24.3 Å². The van der Waals surface area contributed by atoms with Gasteiger partial charge in [0.25, 0.3) is 0 Å². The Balaban J connectivity index is 1.62. The summed E-state index contributed by atoms with van der Waals surface area (Å²) in [6.07, 6.45) is -0.684. The smallest absolute Gasteiger partial charge is 0.337 e. The molecule has 25 heavy (non-hydrogen) atoms. The van der Waals surface area contributed by atoms with E-state index in [1.165, 1.54) is 7.11 Å². The minimum atomic E-state index is -0.684. The van der Waals surface area contributed by atoms with Crippen molar-refractivity contribution in [1.82, 2.24) is 9.55 Å². The summed E-state index contributed by atoms with van der Waals surface area (Å²) in [6, 6.07) is 14.4. The summed E-state index contributed by atoms with van der Waals surface area (Å²) in [6.45, 7) is 2.45. The topological polar surface area (TPSA) is 73.6 Å². The molecule has 0 saturated heterocycles. The number of imidazole rings is 1. The fraction of sp³-hybridized carbons (Fsp3) is 0.263. The maximum atomic E-state index is 11.4. The average Bonchev–Trinajstić information content (AvgIpc) is 2.95. The number of benzene rings is 2. The molecule has 3 aromatic rings. The van der Waals surface area contributed by atoms with Gasteiger partial charge in [-0.2, -0.15) is 0 Å². The molecular weight excluding hydrogens is 320 g/mol. The molecular formula is C19H20N2O4. The highest BCUT2D eigenvalue weighted by Gasteiger charge is 2.12. The summed E-state index contributed by atoms with van der Waals surface area (Å²) in [4.78, 5) is 15.9. The number of aliphatic hydroxyl groups is 1. The van der Waals surface area contributed by atoms with Gasteiger partial charge in [-0.05, 0) is 43.3 Å². The zero-order valence-corrected chi connectivity index (χ0v) is 14.2. The van der Waals surface area contributed by atoms with E-state index in [4.69, 9.17) is 4.74 Å². The van der Waals surface area contributed by atoms with Gasteiger partial charge in [0.05, 0.1) is 30.3 Å². The summed E-state index contributed by atoms with van der Waals surface area (Å²) in [5, 5.41) is 10.3. The van der Waals surface area contributed by atoms with Crippen LogP contribution in [0.3, 0.4) is 0 Å². The molecule has 0 spiro atoms. The first kappa shape index (κ1) is 17.0. The zero-order chi connectivity index (χ0) is 17.8. The molecule has 1 heterocycles. The number of fused-ring (bicyclic) bond motifs is 1. The summed E-state index contributed by atoms with van der Waals surface area (Å²) >= 11 is 0. The highest BCUT2D eigenvalue weighted by molar-refractivity contribution is 5.89. The largest absolute Gasteiger partial charge is 0.491 e. The Kier molecular flexibility index (Phi) is 5.00. The van der Waals surface area contributed by atoms with Crippen LogP contribution in [0.25, 0.3) is 11.0 Å². The first-order valence-corrected chi connectivity index (χ1v) is 7.99. The van der Waals surface area contributed by atoms with Crippen LogP contribution in [-0.4, -0.2) is 40.4 Å². The van der Waals surface area contributed by atoms with E-state index >= 15 is 0 Å². The minimum absolute atomic E-state index is 0.142. The lowest BCUT2D eigenvalue weighted by molar-refractivity contribution is 0.0600. The highest BCUT2D eigenvalue weighted by atomic mass is 16.5. The molecule has 1 atom stereocenters. The number of para-hydroxylation sites is 2. The Hall–Kier alpha value is -2.86. The second kappa shape index (κ2) is 7.36. The second-order valence-electron chi connectivity index (χ2n) is 5.74. The van der Waals surface area contributed by atoms with Crippen molar-refractivity contribution < 1.29 is 19.4 Å². The SMILES string of the molecule is COC(=O)c1ccc(OC[C@@H](O)Cn2c(C)nc3ccccc32)cc1. The lowest BCUT2D eigenvalue weighted by atomic mass is 10.2. The molecule has 130 valence electrons. The number of rotatable bonds is 6. The summed E-state index contributed by atoms with van der Waals surface area (Å²) in [5.74, 6) is 1.04. The summed E-state index contributed by atoms with van der Waals surface area (Å²) < 4.78 is 12.2. The van der Waals surface area contributed by atoms with Gasteiger partial charge < -0.3 is 19.1 Å². The van der Waals surface area contributed by atoms with E-state index in [-0.39, 0.29) is 6.61 Å². The van der Waals surface area contributed by atoms with Crippen LogP contribution in [0.4, 0.5) is 0 Å². The van der Waals surface area contributed by atoms with Crippen LogP contribution in [0.2, 0.25) is 0 Å². The van der Waals surface area contributed by atoms with Crippen molar-refractivity contribution in [2.24, 2.45) is 0 Å². The fourth-order valence-corrected chi connectivity index (χ4v) is 2.69. The number of nitrogens with zero attached hydrogens (tertiary/aromatic N) is 2. The van der Waals surface area contributed by atoms with Gasteiger partial charge in [-0.3, -0.25) is 0 Å². The minimum Gasteiger partial charge on any atom is -0.491 e. The van der Waals surface area contributed by atoms with Crippen molar-refractivity contribution in [2.75, 3.05) is 13.7 Å². The third-order valence-electron chi connectivity index (χ3n) is 3.96. The Morgan fingerprint density at radius 3 is 2.64 bits per heavy atom. The third kappa shape index (κ3) is 3.80. The second-order valence-corrected chi connectivity index (χ2v) is 5.74. The van der Waals surface area contributed by atoms with Crippen molar-refractivity contribution in [2.45, 2.75) is 19.6 Å². The van der Waals surface area contributed by atoms with Crippen molar-refractivity contribution >= 4 is 17.0 Å². The van der Waals surface area contributed by atoms with Crippen LogP contribution >= 0.6 is 0 Å². The summed E-state index contributed by atoms with van der Waals surface area (Å²) in [7, 11) is 1.34. The van der Waals surface area contributed by atoms with Gasteiger partial charge in [0.2, 0.25) is 0 Å².